The van der Waals surface area contributed by atoms with E-state index in [0.717, 1.165) is 5.56 Å². The van der Waals surface area contributed by atoms with Crippen LogP contribution in [0.25, 0.3) is 0 Å². The molecule has 0 bridgehead atoms. The number of sulfonamides is 1. The summed E-state index contributed by atoms with van der Waals surface area (Å²) in [6, 6.07) is 3.28. The fraction of sp³-hybridized carbons (Fsp3) is 0.273. The molecule has 19 heavy (non-hydrogen) atoms. The zero-order valence-corrected chi connectivity index (χ0v) is 11.5. The van der Waals surface area contributed by atoms with E-state index >= 15 is 0 Å². The Morgan fingerprint density at radius 1 is 1.42 bits per heavy atom. The van der Waals surface area contributed by atoms with Gasteiger partial charge in [-0.2, -0.15) is 8.42 Å². The number of anilines is 1. The summed E-state index contributed by atoms with van der Waals surface area (Å²) in [5, 5.41) is -0.0304. The van der Waals surface area contributed by atoms with Crippen LogP contribution in [0.4, 0.5) is 5.82 Å². The molecule has 0 unspecified atom stereocenters. The number of aromatic nitrogens is 3. The number of nitrogens with one attached hydrogen (secondary N) is 1. The predicted molar refractivity (Wildman–Crippen MR) is 70.9 cm³/mol. The van der Waals surface area contributed by atoms with Gasteiger partial charge >= 0.3 is 0 Å². The molecule has 0 aromatic carbocycles. The SMILES string of the molecule is Cc1nc(S(=O)(=O)Nc2ccc(CN)cn2)cn1C. The first-order valence-electron chi connectivity index (χ1n) is 5.60. The maximum atomic E-state index is 12.1. The molecule has 0 saturated heterocycles. The summed E-state index contributed by atoms with van der Waals surface area (Å²) in [5.74, 6) is 0.854. The minimum Gasteiger partial charge on any atom is -0.337 e. The Morgan fingerprint density at radius 3 is 2.63 bits per heavy atom. The van der Waals surface area contributed by atoms with Crippen molar-refractivity contribution >= 4 is 15.8 Å². The number of hydrogen-bond acceptors (Lipinski definition) is 5. The minimum atomic E-state index is -3.71. The highest BCUT2D eigenvalue weighted by Crippen LogP contribution is 2.13. The van der Waals surface area contributed by atoms with E-state index in [-0.39, 0.29) is 10.8 Å². The zero-order chi connectivity index (χ0) is 14.0. The maximum absolute atomic E-state index is 12.1. The lowest BCUT2D eigenvalue weighted by Gasteiger charge is -2.05. The summed E-state index contributed by atoms with van der Waals surface area (Å²) >= 11 is 0. The summed E-state index contributed by atoms with van der Waals surface area (Å²) < 4.78 is 28.1. The Hall–Kier alpha value is -1.93. The van der Waals surface area contributed by atoms with Gasteiger partial charge in [-0.3, -0.25) is 4.72 Å². The Morgan fingerprint density at radius 2 is 2.16 bits per heavy atom. The highest BCUT2D eigenvalue weighted by atomic mass is 32.2. The molecule has 0 amide bonds. The molecule has 2 rings (SSSR count). The number of imidazole rings is 1. The first kappa shape index (κ1) is 13.5. The van der Waals surface area contributed by atoms with Gasteiger partial charge in [-0.15, -0.1) is 0 Å². The second-order valence-electron chi connectivity index (χ2n) is 4.10. The van der Waals surface area contributed by atoms with Crippen molar-refractivity contribution in [3.8, 4) is 0 Å². The lowest BCUT2D eigenvalue weighted by molar-refractivity contribution is 0.598. The molecule has 0 saturated carbocycles. The molecule has 0 spiro atoms. The van der Waals surface area contributed by atoms with E-state index < -0.39 is 10.0 Å². The molecule has 0 atom stereocenters. The Kier molecular flexibility index (Phi) is 3.54. The average Bonchev–Trinajstić information content (AvgIpc) is 2.71. The van der Waals surface area contributed by atoms with Crippen LogP contribution < -0.4 is 10.5 Å². The van der Waals surface area contributed by atoms with Crippen molar-refractivity contribution in [1.29, 1.82) is 0 Å². The third-order valence-corrected chi connectivity index (χ3v) is 3.89. The predicted octanol–water partition coefficient (Wildman–Crippen LogP) is 0.383. The van der Waals surface area contributed by atoms with Crippen molar-refractivity contribution in [2.24, 2.45) is 12.8 Å². The van der Waals surface area contributed by atoms with Gasteiger partial charge in [-0.25, -0.2) is 9.97 Å². The van der Waals surface area contributed by atoms with E-state index in [1.165, 1.54) is 12.4 Å². The first-order valence-corrected chi connectivity index (χ1v) is 7.08. The molecule has 0 radical (unpaired) electrons. The largest absolute Gasteiger partial charge is 0.337 e. The monoisotopic (exact) mass is 281 g/mol. The zero-order valence-electron chi connectivity index (χ0n) is 10.7. The van der Waals surface area contributed by atoms with Crippen molar-refractivity contribution in [3.05, 3.63) is 35.9 Å². The van der Waals surface area contributed by atoms with Crippen LogP contribution in [0.5, 0.6) is 0 Å². The summed E-state index contributed by atoms with van der Waals surface area (Å²) in [4.78, 5) is 7.96. The van der Waals surface area contributed by atoms with Gasteiger partial charge in [-0.1, -0.05) is 6.07 Å². The van der Waals surface area contributed by atoms with E-state index in [2.05, 4.69) is 14.7 Å². The van der Waals surface area contributed by atoms with Crippen molar-refractivity contribution < 1.29 is 8.42 Å². The van der Waals surface area contributed by atoms with Gasteiger partial charge in [0.15, 0.2) is 5.03 Å². The van der Waals surface area contributed by atoms with Crippen LogP contribution in [0.2, 0.25) is 0 Å². The summed E-state index contributed by atoms with van der Waals surface area (Å²) in [5.41, 5.74) is 6.28. The van der Waals surface area contributed by atoms with E-state index in [1.807, 2.05) is 0 Å². The highest BCUT2D eigenvalue weighted by molar-refractivity contribution is 7.92. The smallest absolute Gasteiger partial charge is 0.282 e. The Balaban J connectivity index is 2.25. The van der Waals surface area contributed by atoms with Crippen LogP contribution in [0.15, 0.2) is 29.6 Å². The van der Waals surface area contributed by atoms with Crippen molar-refractivity contribution in [3.63, 3.8) is 0 Å². The van der Waals surface area contributed by atoms with Gasteiger partial charge in [0.05, 0.1) is 0 Å². The molecular formula is C11H15N5O2S. The average molecular weight is 281 g/mol. The fourth-order valence-corrected chi connectivity index (χ4v) is 2.50. The number of nitrogens with two attached hydrogens (primary N) is 1. The second-order valence-corrected chi connectivity index (χ2v) is 5.73. The third-order valence-electron chi connectivity index (χ3n) is 2.66. The van der Waals surface area contributed by atoms with Crippen LogP contribution in [0, 0.1) is 6.92 Å². The van der Waals surface area contributed by atoms with E-state index in [1.54, 1.807) is 30.7 Å². The van der Waals surface area contributed by atoms with Crippen LogP contribution in [-0.4, -0.2) is 23.0 Å². The fourth-order valence-electron chi connectivity index (χ4n) is 1.45. The molecule has 7 nitrogen and oxygen atoms in total. The van der Waals surface area contributed by atoms with Crippen LogP contribution in [0.3, 0.4) is 0 Å². The number of nitrogens with zero attached hydrogens (tertiary/aromatic N) is 3. The van der Waals surface area contributed by atoms with Crippen molar-refractivity contribution in [2.75, 3.05) is 4.72 Å². The first-order chi connectivity index (χ1) is 8.92. The minimum absolute atomic E-state index is 0.0304. The molecule has 2 heterocycles. The standard InChI is InChI=1S/C11H15N5O2S/c1-8-14-11(7-16(8)2)19(17,18)15-10-4-3-9(5-12)6-13-10/h3-4,6-7H,5,12H2,1-2H3,(H,13,15). The molecule has 0 aliphatic heterocycles. The molecule has 3 N–H and O–H groups in total. The van der Waals surface area contributed by atoms with Gasteiger partial charge in [-0.05, 0) is 18.6 Å². The number of pyridine rings is 1. The summed E-state index contributed by atoms with van der Waals surface area (Å²) in [6.45, 7) is 2.09. The number of hydrogen-bond donors (Lipinski definition) is 2. The number of rotatable bonds is 4. The normalized spacial score (nSPS) is 11.5. The topological polar surface area (TPSA) is 103 Å². The lowest BCUT2D eigenvalue weighted by Crippen LogP contribution is -2.14. The Bertz CT molecular complexity index is 656. The van der Waals surface area contributed by atoms with Crippen LogP contribution in [0.1, 0.15) is 11.4 Å². The van der Waals surface area contributed by atoms with E-state index in [0.29, 0.717) is 12.4 Å². The third kappa shape index (κ3) is 2.91. The molecule has 2 aromatic rings. The van der Waals surface area contributed by atoms with Gasteiger partial charge in [0, 0.05) is 26.0 Å². The molecule has 102 valence electrons. The second kappa shape index (κ2) is 4.98. The summed E-state index contributed by atoms with van der Waals surface area (Å²) in [6.07, 6.45) is 2.98. The number of aryl methyl sites for hydroxylation is 2. The van der Waals surface area contributed by atoms with Gasteiger partial charge < -0.3 is 10.3 Å². The van der Waals surface area contributed by atoms with E-state index in [4.69, 9.17) is 5.73 Å². The Labute approximate surface area is 111 Å². The van der Waals surface area contributed by atoms with Gasteiger partial charge in [0.25, 0.3) is 10.0 Å². The lowest BCUT2D eigenvalue weighted by atomic mass is 10.3. The van der Waals surface area contributed by atoms with E-state index in [9.17, 15) is 8.42 Å². The maximum Gasteiger partial charge on any atom is 0.282 e. The van der Waals surface area contributed by atoms with Crippen molar-refractivity contribution in [1.82, 2.24) is 14.5 Å². The van der Waals surface area contributed by atoms with Gasteiger partial charge in [0.1, 0.15) is 11.6 Å². The quantitative estimate of drug-likeness (QED) is 0.843. The van der Waals surface area contributed by atoms with Crippen LogP contribution in [-0.2, 0) is 23.6 Å². The van der Waals surface area contributed by atoms with Gasteiger partial charge in [0.2, 0.25) is 0 Å². The molecule has 8 heteroatoms. The highest BCUT2D eigenvalue weighted by Gasteiger charge is 2.18. The summed E-state index contributed by atoms with van der Waals surface area (Å²) in [7, 11) is -1.98. The molecule has 0 fully saturated rings. The molecular weight excluding hydrogens is 266 g/mol. The molecule has 2 aromatic heterocycles. The van der Waals surface area contributed by atoms with Crippen LogP contribution >= 0.6 is 0 Å². The van der Waals surface area contributed by atoms with Crippen molar-refractivity contribution in [2.45, 2.75) is 18.5 Å². The molecule has 0 aliphatic rings. The molecule has 0 aliphatic carbocycles.